The molecule has 0 bridgehead atoms. The van der Waals surface area contributed by atoms with Gasteiger partial charge in [-0.05, 0) is 80.1 Å². The van der Waals surface area contributed by atoms with E-state index in [2.05, 4.69) is 10.6 Å². The Bertz CT molecular complexity index is 1600. The van der Waals surface area contributed by atoms with Crippen molar-refractivity contribution >= 4 is 46.4 Å². The Labute approximate surface area is 230 Å². The number of amides is 3. The molecule has 1 aliphatic rings. The van der Waals surface area contributed by atoms with E-state index in [1.54, 1.807) is 54.6 Å². The third-order valence-corrected chi connectivity index (χ3v) is 6.52. The van der Waals surface area contributed by atoms with Gasteiger partial charge in [-0.2, -0.15) is 0 Å². The van der Waals surface area contributed by atoms with Crippen LogP contribution in [-0.2, 0) is 9.59 Å². The van der Waals surface area contributed by atoms with Gasteiger partial charge >= 0.3 is 0 Å². The summed E-state index contributed by atoms with van der Waals surface area (Å²) >= 11 is 6.29. The zero-order valence-electron chi connectivity index (χ0n) is 21.2. The molecule has 1 aliphatic heterocycles. The Morgan fingerprint density at radius 3 is 2.15 bits per heavy atom. The number of hydrogen-bond acceptors (Lipinski definition) is 5. The van der Waals surface area contributed by atoms with Gasteiger partial charge < -0.3 is 15.4 Å². The summed E-state index contributed by atoms with van der Waals surface area (Å²) in [7, 11) is 0. The summed E-state index contributed by atoms with van der Waals surface area (Å²) in [6, 6.07) is 28.5. The highest BCUT2D eigenvalue weighted by molar-refractivity contribution is 6.53. The molecule has 1 heterocycles. The van der Waals surface area contributed by atoms with Crippen LogP contribution >= 0.6 is 11.6 Å². The maximum absolute atomic E-state index is 13.1. The fourth-order valence-electron chi connectivity index (χ4n) is 4.01. The normalized spacial score (nSPS) is 13.1. The molecule has 4 aromatic rings. The molecule has 7 nitrogen and oxygen atoms in total. The van der Waals surface area contributed by atoms with Crippen LogP contribution in [0.5, 0.6) is 11.5 Å². The van der Waals surface area contributed by atoms with E-state index in [4.69, 9.17) is 16.3 Å². The molecule has 0 saturated carbocycles. The number of carbonyl (C=O) groups excluding carboxylic acids is 3. The van der Waals surface area contributed by atoms with Crippen LogP contribution in [0.25, 0.3) is 0 Å². The molecule has 0 fully saturated rings. The zero-order chi connectivity index (χ0) is 27.5. The Balaban J connectivity index is 1.30. The monoisotopic (exact) mass is 537 g/mol. The van der Waals surface area contributed by atoms with Crippen molar-refractivity contribution in [2.75, 3.05) is 15.5 Å². The van der Waals surface area contributed by atoms with E-state index >= 15 is 0 Å². The molecule has 194 valence electrons. The number of ether oxygens (including phenoxy) is 1. The summed E-state index contributed by atoms with van der Waals surface area (Å²) in [6.07, 6.45) is 0. The molecule has 4 aromatic carbocycles. The van der Waals surface area contributed by atoms with Crippen LogP contribution in [0.4, 0.5) is 17.1 Å². The van der Waals surface area contributed by atoms with E-state index in [1.165, 1.54) is 0 Å². The van der Waals surface area contributed by atoms with Crippen molar-refractivity contribution < 1.29 is 19.1 Å². The zero-order valence-corrected chi connectivity index (χ0v) is 22.0. The fourth-order valence-corrected chi connectivity index (χ4v) is 4.22. The smallest absolute Gasteiger partial charge is 0.283 e. The van der Waals surface area contributed by atoms with E-state index in [1.807, 2.05) is 56.3 Å². The first-order valence-electron chi connectivity index (χ1n) is 12.2. The predicted octanol–water partition coefficient (Wildman–Crippen LogP) is 6.78. The highest BCUT2D eigenvalue weighted by Crippen LogP contribution is 2.31. The number of rotatable bonds is 7. The molecular weight excluding hydrogens is 514 g/mol. The number of hydrogen-bond donors (Lipinski definition) is 2. The topological polar surface area (TPSA) is 87.7 Å². The summed E-state index contributed by atoms with van der Waals surface area (Å²) < 4.78 is 5.79. The van der Waals surface area contributed by atoms with Gasteiger partial charge in [-0.3, -0.25) is 14.4 Å². The molecule has 0 unspecified atom stereocenters. The summed E-state index contributed by atoms with van der Waals surface area (Å²) in [5.74, 6) is -0.166. The number of carbonyl (C=O) groups is 3. The first-order chi connectivity index (χ1) is 18.8. The van der Waals surface area contributed by atoms with Gasteiger partial charge in [-0.25, -0.2) is 4.90 Å². The third-order valence-electron chi connectivity index (χ3n) is 6.17. The van der Waals surface area contributed by atoms with Gasteiger partial charge in [0.25, 0.3) is 17.7 Å². The molecule has 0 saturated heterocycles. The van der Waals surface area contributed by atoms with Crippen LogP contribution in [0.2, 0.25) is 0 Å². The van der Waals surface area contributed by atoms with E-state index in [0.717, 1.165) is 16.0 Å². The van der Waals surface area contributed by atoms with Gasteiger partial charge in [0, 0.05) is 16.9 Å². The quantitative estimate of drug-likeness (QED) is 0.254. The second-order valence-electron chi connectivity index (χ2n) is 9.02. The van der Waals surface area contributed by atoms with Crippen molar-refractivity contribution in [2.45, 2.75) is 13.8 Å². The predicted molar refractivity (Wildman–Crippen MR) is 152 cm³/mol. The molecule has 0 spiro atoms. The number of imide groups is 1. The van der Waals surface area contributed by atoms with Crippen LogP contribution in [-0.4, -0.2) is 17.7 Å². The van der Waals surface area contributed by atoms with Gasteiger partial charge in [0.05, 0.1) is 5.69 Å². The maximum Gasteiger partial charge on any atom is 0.283 e. The SMILES string of the molecule is Cc1ccc(N2C(=O)C(Cl)=C(Nc3cc(C(=O)Nc4ccc(Oc5ccccc5)cc4)ccc3C)C2=O)cc1. The lowest BCUT2D eigenvalue weighted by atomic mass is 10.1. The highest BCUT2D eigenvalue weighted by atomic mass is 35.5. The summed E-state index contributed by atoms with van der Waals surface area (Å²) in [6.45, 7) is 3.74. The third kappa shape index (κ3) is 5.54. The average molecular weight is 538 g/mol. The van der Waals surface area contributed by atoms with E-state index < -0.39 is 11.8 Å². The van der Waals surface area contributed by atoms with Crippen molar-refractivity contribution in [3.63, 3.8) is 0 Å². The molecule has 0 aliphatic carbocycles. The Hall–Kier alpha value is -4.88. The first kappa shape index (κ1) is 25.8. The number of aryl methyl sites for hydroxylation is 2. The minimum atomic E-state index is -0.612. The standard InChI is InChI=1S/C31H24ClN3O4/c1-19-8-14-23(15-9-19)35-30(37)27(32)28(31(35)38)34-26-18-21(11-10-20(26)2)29(36)33-22-12-16-25(17-13-22)39-24-6-4-3-5-7-24/h3-18,34H,1-2H3,(H,33,36). The second-order valence-corrected chi connectivity index (χ2v) is 9.40. The molecule has 0 radical (unpaired) electrons. The lowest BCUT2D eigenvalue weighted by molar-refractivity contribution is -0.120. The molecule has 0 aromatic heterocycles. The molecule has 3 amide bonds. The van der Waals surface area contributed by atoms with E-state index in [-0.39, 0.29) is 16.6 Å². The number of benzene rings is 4. The van der Waals surface area contributed by atoms with Crippen molar-refractivity contribution in [3.05, 3.63) is 124 Å². The number of halogens is 1. The molecule has 8 heteroatoms. The summed E-state index contributed by atoms with van der Waals surface area (Å²) in [5.41, 5.74) is 3.57. The van der Waals surface area contributed by atoms with Crippen LogP contribution in [0.15, 0.2) is 108 Å². The van der Waals surface area contributed by atoms with Gasteiger partial charge in [-0.15, -0.1) is 0 Å². The molecule has 39 heavy (non-hydrogen) atoms. The minimum Gasteiger partial charge on any atom is -0.457 e. The van der Waals surface area contributed by atoms with Gasteiger partial charge in [0.15, 0.2) is 0 Å². The van der Waals surface area contributed by atoms with E-state index in [9.17, 15) is 14.4 Å². The molecule has 2 N–H and O–H groups in total. The van der Waals surface area contributed by atoms with Gasteiger partial charge in [-0.1, -0.05) is 53.6 Å². The van der Waals surface area contributed by atoms with Gasteiger partial charge in [0.1, 0.15) is 22.2 Å². The fraction of sp³-hybridized carbons (Fsp3) is 0.0645. The summed E-state index contributed by atoms with van der Waals surface area (Å²) in [5, 5.41) is 5.62. The Kier molecular flexibility index (Phi) is 7.17. The van der Waals surface area contributed by atoms with Crippen LogP contribution in [0, 0.1) is 13.8 Å². The maximum atomic E-state index is 13.1. The first-order valence-corrected chi connectivity index (χ1v) is 12.5. The van der Waals surface area contributed by atoms with Crippen molar-refractivity contribution in [1.82, 2.24) is 0 Å². The van der Waals surface area contributed by atoms with Crippen molar-refractivity contribution in [3.8, 4) is 11.5 Å². The highest BCUT2D eigenvalue weighted by Gasteiger charge is 2.39. The second kappa shape index (κ2) is 10.8. The molecule has 0 atom stereocenters. The molecular formula is C31H24ClN3O4. The summed E-state index contributed by atoms with van der Waals surface area (Å²) in [4.78, 5) is 40.0. The largest absolute Gasteiger partial charge is 0.457 e. The van der Waals surface area contributed by atoms with Crippen molar-refractivity contribution in [2.24, 2.45) is 0 Å². The lowest BCUT2D eigenvalue weighted by Gasteiger charge is -2.16. The van der Waals surface area contributed by atoms with Crippen LogP contribution < -0.4 is 20.3 Å². The Morgan fingerprint density at radius 2 is 1.46 bits per heavy atom. The van der Waals surface area contributed by atoms with Crippen LogP contribution in [0.1, 0.15) is 21.5 Å². The van der Waals surface area contributed by atoms with Gasteiger partial charge in [0.2, 0.25) is 0 Å². The number of anilines is 3. The lowest BCUT2D eigenvalue weighted by Crippen LogP contribution is -2.32. The van der Waals surface area contributed by atoms with Crippen molar-refractivity contribution in [1.29, 1.82) is 0 Å². The number of nitrogens with one attached hydrogen (secondary N) is 2. The average Bonchev–Trinajstić information content (AvgIpc) is 3.15. The Morgan fingerprint density at radius 1 is 0.795 bits per heavy atom. The van der Waals surface area contributed by atoms with E-state index in [0.29, 0.717) is 34.1 Å². The number of para-hydroxylation sites is 1. The number of nitrogens with zero attached hydrogens (tertiary/aromatic N) is 1. The molecule has 5 rings (SSSR count). The van der Waals surface area contributed by atoms with Crippen LogP contribution in [0.3, 0.4) is 0 Å². The minimum absolute atomic E-state index is 0.0445.